The van der Waals surface area contributed by atoms with Gasteiger partial charge in [-0.25, -0.2) is 0 Å². The molecule has 0 N–H and O–H groups in total. The van der Waals surface area contributed by atoms with E-state index in [2.05, 4.69) is 58.6 Å². The van der Waals surface area contributed by atoms with Gasteiger partial charge in [0.2, 0.25) is 0 Å². The molecule has 1 heterocycles. The second-order valence-corrected chi connectivity index (χ2v) is 9.50. The Morgan fingerprint density at radius 2 is 1.70 bits per heavy atom. The van der Waals surface area contributed by atoms with Gasteiger partial charge in [0, 0.05) is 6.04 Å². The standard InChI is InChI=1S/C22H35N/c1-16(23-12-8-7-9-13-23)19-14-17(21(2,3)4)15-20-18(19)10-11-22(20,5)6/h14-16H,7-13H2,1-6H3. The van der Waals surface area contributed by atoms with Gasteiger partial charge in [-0.15, -0.1) is 0 Å². The normalized spacial score (nSPS) is 22.9. The molecule has 1 fully saturated rings. The van der Waals surface area contributed by atoms with Crippen LogP contribution in [0, 0.1) is 0 Å². The van der Waals surface area contributed by atoms with Gasteiger partial charge in [0.25, 0.3) is 0 Å². The molecule has 0 radical (unpaired) electrons. The second-order valence-electron chi connectivity index (χ2n) is 9.50. The number of likely N-dealkylation sites (tertiary alicyclic amines) is 1. The zero-order chi connectivity index (χ0) is 16.8. The zero-order valence-corrected chi connectivity index (χ0v) is 16.1. The van der Waals surface area contributed by atoms with Gasteiger partial charge in [-0.05, 0) is 78.8 Å². The molecule has 0 amide bonds. The van der Waals surface area contributed by atoms with Crippen molar-refractivity contribution in [2.24, 2.45) is 0 Å². The summed E-state index contributed by atoms with van der Waals surface area (Å²) in [7, 11) is 0. The van der Waals surface area contributed by atoms with Crippen LogP contribution in [0.25, 0.3) is 0 Å². The first-order chi connectivity index (χ1) is 10.7. The SMILES string of the molecule is CC(c1cc(C(C)(C)C)cc2c1CCC2(C)C)N1CCCCC1. The van der Waals surface area contributed by atoms with E-state index in [1.54, 1.807) is 16.7 Å². The van der Waals surface area contributed by atoms with Crippen LogP contribution in [0.5, 0.6) is 0 Å². The first-order valence-corrected chi connectivity index (χ1v) is 9.62. The van der Waals surface area contributed by atoms with Crippen LogP contribution >= 0.6 is 0 Å². The Labute approximate surface area is 143 Å². The van der Waals surface area contributed by atoms with Crippen LogP contribution in [0.2, 0.25) is 0 Å². The molecular weight excluding hydrogens is 278 g/mol. The van der Waals surface area contributed by atoms with Crippen molar-refractivity contribution in [2.75, 3.05) is 13.1 Å². The number of hydrogen-bond acceptors (Lipinski definition) is 1. The molecule has 0 spiro atoms. The predicted octanol–water partition coefficient (Wildman–Crippen LogP) is 5.75. The summed E-state index contributed by atoms with van der Waals surface area (Å²) in [5.41, 5.74) is 7.01. The monoisotopic (exact) mass is 313 g/mol. The maximum absolute atomic E-state index is 2.72. The lowest BCUT2D eigenvalue weighted by atomic mass is 9.78. The number of rotatable bonds is 2. The van der Waals surface area contributed by atoms with E-state index in [0.29, 0.717) is 11.5 Å². The molecule has 1 aliphatic heterocycles. The molecule has 1 atom stereocenters. The van der Waals surface area contributed by atoms with Crippen LogP contribution < -0.4 is 0 Å². The number of benzene rings is 1. The van der Waals surface area contributed by atoms with Gasteiger partial charge >= 0.3 is 0 Å². The fraction of sp³-hybridized carbons (Fsp3) is 0.727. The first-order valence-electron chi connectivity index (χ1n) is 9.62. The van der Waals surface area contributed by atoms with Gasteiger partial charge in [-0.2, -0.15) is 0 Å². The summed E-state index contributed by atoms with van der Waals surface area (Å²) in [4.78, 5) is 2.72. The average molecular weight is 314 g/mol. The van der Waals surface area contributed by atoms with E-state index in [0.717, 1.165) is 0 Å². The summed E-state index contributed by atoms with van der Waals surface area (Å²) >= 11 is 0. The lowest BCUT2D eigenvalue weighted by molar-refractivity contribution is 0.174. The molecule has 1 saturated heterocycles. The Bertz CT molecular complexity index is 570. The Morgan fingerprint density at radius 1 is 1.04 bits per heavy atom. The van der Waals surface area contributed by atoms with Gasteiger partial charge in [-0.1, -0.05) is 53.2 Å². The van der Waals surface area contributed by atoms with Crippen LogP contribution in [-0.4, -0.2) is 18.0 Å². The molecule has 1 heteroatoms. The third kappa shape index (κ3) is 3.22. The van der Waals surface area contributed by atoms with Crippen LogP contribution in [0.1, 0.15) is 95.5 Å². The highest BCUT2D eigenvalue weighted by Gasteiger charge is 2.35. The van der Waals surface area contributed by atoms with Crippen molar-refractivity contribution < 1.29 is 0 Å². The van der Waals surface area contributed by atoms with Gasteiger partial charge in [-0.3, -0.25) is 4.90 Å². The largest absolute Gasteiger partial charge is 0.297 e. The molecule has 2 aliphatic rings. The fourth-order valence-corrected chi connectivity index (χ4v) is 4.46. The van der Waals surface area contributed by atoms with Crippen LogP contribution in [0.3, 0.4) is 0 Å². The van der Waals surface area contributed by atoms with E-state index in [4.69, 9.17) is 0 Å². The summed E-state index contributed by atoms with van der Waals surface area (Å²) < 4.78 is 0. The molecule has 3 rings (SSSR count). The number of nitrogens with zero attached hydrogens (tertiary/aromatic N) is 1. The topological polar surface area (TPSA) is 3.24 Å². The van der Waals surface area contributed by atoms with Gasteiger partial charge in [0.1, 0.15) is 0 Å². The molecular formula is C22H35N. The smallest absolute Gasteiger partial charge is 0.0322 e. The minimum absolute atomic E-state index is 0.226. The van der Waals surface area contributed by atoms with Crippen LogP contribution in [-0.2, 0) is 17.3 Å². The molecule has 23 heavy (non-hydrogen) atoms. The van der Waals surface area contributed by atoms with Crippen LogP contribution in [0.4, 0.5) is 0 Å². The summed E-state index contributed by atoms with van der Waals surface area (Å²) in [5.74, 6) is 0. The summed E-state index contributed by atoms with van der Waals surface area (Å²) in [6, 6.07) is 5.63. The fourth-order valence-electron chi connectivity index (χ4n) is 4.46. The number of hydrogen-bond donors (Lipinski definition) is 0. The summed E-state index contributed by atoms with van der Waals surface area (Å²) in [5, 5.41) is 0. The molecule has 1 aromatic rings. The van der Waals surface area contributed by atoms with Crippen molar-refractivity contribution in [2.45, 2.75) is 90.5 Å². The summed E-state index contributed by atoms with van der Waals surface area (Å²) in [6.45, 7) is 16.9. The maximum Gasteiger partial charge on any atom is 0.0322 e. The third-order valence-electron chi connectivity index (χ3n) is 6.27. The molecule has 128 valence electrons. The Morgan fingerprint density at radius 3 is 2.30 bits per heavy atom. The summed E-state index contributed by atoms with van der Waals surface area (Å²) in [6.07, 6.45) is 6.72. The minimum Gasteiger partial charge on any atom is -0.297 e. The quantitative estimate of drug-likeness (QED) is 0.671. The highest BCUT2D eigenvalue weighted by atomic mass is 15.2. The van der Waals surface area contributed by atoms with Crippen molar-refractivity contribution in [1.82, 2.24) is 4.90 Å². The van der Waals surface area contributed by atoms with Gasteiger partial charge in [0.05, 0.1) is 0 Å². The first kappa shape index (κ1) is 17.0. The van der Waals surface area contributed by atoms with Crippen molar-refractivity contribution in [3.63, 3.8) is 0 Å². The highest BCUT2D eigenvalue weighted by molar-refractivity contribution is 5.49. The Hall–Kier alpha value is -0.820. The molecule has 1 nitrogen and oxygen atoms in total. The van der Waals surface area contributed by atoms with Gasteiger partial charge in [0.15, 0.2) is 0 Å². The maximum atomic E-state index is 2.72. The Kier molecular flexibility index (Phi) is 4.38. The second kappa shape index (κ2) is 5.92. The van der Waals surface area contributed by atoms with Crippen LogP contribution in [0.15, 0.2) is 12.1 Å². The van der Waals surface area contributed by atoms with Crippen molar-refractivity contribution in [3.05, 3.63) is 34.4 Å². The van der Waals surface area contributed by atoms with E-state index in [1.807, 2.05) is 0 Å². The van der Waals surface area contributed by atoms with E-state index < -0.39 is 0 Å². The Balaban J connectivity index is 2.06. The molecule has 1 aromatic carbocycles. The van der Waals surface area contributed by atoms with E-state index >= 15 is 0 Å². The number of fused-ring (bicyclic) bond motifs is 1. The van der Waals surface area contributed by atoms with Crippen molar-refractivity contribution >= 4 is 0 Å². The minimum atomic E-state index is 0.226. The average Bonchev–Trinajstić information content (AvgIpc) is 2.81. The van der Waals surface area contributed by atoms with E-state index in [1.165, 1.54) is 50.8 Å². The van der Waals surface area contributed by atoms with Crippen molar-refractivity contribution in [3.8, 4) is 0 Å². The third-order valence-corrected chi connectivity index (χ3v) is 6.27. The molecule has 0 aromatic heterocycles. The molecule has 1 unspecified atom stereocenters. The highest BCUT2D eigenvalue weighted by Crippen LogP contribution is 2.44. The predicted molar refractivity (Wildman–Crippen MR) is 100 cm³/mol. The van der Waals surface area contributed by atoms with Crippen molar-refractivity contribution in [1.29, 1.82) is 0 Å². The van der Waals surface area contributed by atoms with E-state index in [9.17, 15) is 0 Å². The van der Waals surface area contributed by atoms with Gasteiger partial charge < -0.3 is 0 Å². The molecule has 0 bridgehead atoms. The lowest BCUT2D eigenvalue weighted by Crippen LogP contribution is -2.33. The molecule has 0 saturated carbocycles. The number of piperidine rings is 1. The zero-order valence-electron chi connectivity index (χ0n) is 16.1. The molecule has 1 aliphatic carbocycles. The van der Waals surface area contributed by atoms with E-state index in [-0.39, 0.29) is 5.41 Å². The lowest BCUT2D eigenvalue weighted by Gasteiger charge is -2.35.